The standard InChI is InChI=1S/C18H18BrN5OS2/c1-3-9-24-15(4-2)22-23-18(24)27-11-16(25)21-17-20-14(10-26-17)12-5-7-13(19)8-6-12/h3,5-8,10H,1,4,9,11H2,2H3,(H,20,21,25). The number of allylic oxidation sites excluding steroid dienone is 1. The van der Waals surface area contributed by atoms with Crippen molar-refractivity contribution in [1.29, 1.82) is 0 Å². The monoisotopic (exact) mass is 463 g/mol. The molecule has 0 spiro atoms. The van der Waals surface area contributed by atoms with E-state index in [-0.39, 0.29) is 11.7 Å². The highest BCUT2D eigenvalue weighted by atomic mass is 79.9. The molecule has 3 rings (SSSR count). The van der Waals surface area contributed by atoms with Crippen LogP contribution in [-0.2, 0) is 17.8 Å². The van der Waals surface area contributed by atoms with Crippen molar-refractivity contribution in [3.8, 4) is 11.3 Å². The zero-order valence-electron chi connectivity index (χ0n) is 14.7. The van der Waals surface area contributed by atoms with E-state index in [2.05, 4.69) is 43.0 Å². The molecule has 1 N–H and O–H groups in total. The number of nitrogens with zero attached hydrogens (tertiary/aromatic N) is 4. The number of thiazole rings is 1. The molecule has 140 valence electrons. The number of carbonyl (C=O) groups is 1. The number of halogens is 1. The average molecular weight is 464 g/mol. The largest absolute Gasteiger partial charge is 0.302 e. The third-order valence-electron chi connectivity index (χ3n) is 3.64. The summed E-state index contributed by atoms with van der Waals surface area (Å²) >= 11 is 6.18. The number of carbonyl (C=O) groups excluding carboxylic acids is 1. The molecule has 2 heterocycles. The number of rotatable bonds is 8. The molecule has 0 bridgehead atoms. The normalized spacial score (nSPS) is 10.7. The van der Waals surface area contributed by atoms with E-state index in [0.717, 1.165) is 33.1 Å². The van der Waals surface area contributed by atoms with Crippen LogP contribution in [0.15, 0.2) is 51.9 Å². The molecule has 1 aromatic carbocycles. The van der Waals surface area contributed by atoms with Gasteiger partial charge in [-0.2, -0.15) is 0 Å². The fourth-order valence-electron chi connectivity index (χ4n) is 2.37. The lowest BCUT2D eigenvalue weighted by Crippen LogP contribution is -2.14. The maximum Gasteiger partial charge on any atom is 0.236 e. The Morgan fingerprint density at radius 3 is 2.85 bits per heavy atom. The lowest BCUT2D eigenvalue weighted by molar-refractivity contribution is -0.113. The number of benzene rings is 1. The number of aromatic nitrogens is 4. The zero-order chi connectivity index (χ0) is 19.2. The van der Waals surface area contributed by atoms with Crippen molar-refractivity contribution in [2.75, 3.05) is 11.1 Å². The van der Waals surface area contributed by atoms with Crippen LogP contribution < -0.4 is 5.32 Å². The predicted molar refractivity (Wildman–Crippen MR) is 114 cm³/mol. The molecule has 0 saturated carbocycles. The highest BCUT2D eigenvalue weighted by molar-refractivity contribution is 9.10. The Balaban J connectivity index is 1.59. The minimum atomic E-state index is -0.122. The molecular weight excluding hydrogens is 446 g/mol. The summed E-state index contributed by atoms with van der Waals surface area (Å²) in [5, 5.41) is 14.4. The van der Waals surface area contributed by atoms with E-state index in [0.29, 0.717) is 11.7 Å². The summed E-state index contributed by atoms with van der Waals surface area (Å²) in [5.74, 6) is 1.01. The minimum absolute atomic E-state index is 0.122. The Morgan fingerprint density at radius 2 is 2.15 bits per heavy atom. The average Bonchev–Trinajstić information content (AvgIpc) is 3.28. The molecule has 0 aliphatic rings. The van der Waals surface area contributed by atoms with Crippen LogP contribution >= 0.6 is 39.0 Å². The number of aryl methyl sites for hydroxylation is 1. The van der Waals surface area contributed by atoms with Crippen molar-refractivity contribution in [2.45, 2.75) is 25.0 Å². The van der Waals surface area contributed by atoms with Crippen molar-refractivity contribution in [3.05, 3.63) is 52.6 Å². The predicted octanol–water partition coefficient (Wildman–Crippen LogP) is 4.64. The molecule has 2 aromatic heterocycles. The summed E-state index contributed by atoms with van der Waals surface area (Å²) in [6, 6.07) is 7.90. The topological polar surface area (TPSA) is 72.7 Å². The van der Waals surface area contributed by atoms with Gasteiger partial charge in [0.2, 0.25) is 5.91 Å². The van der Waals surface area contributed by atoms with Crippen LogP contribution in [0.3, 0.4) is 0 Å². The lowest BCUT2D eigenvalue weighted by atomic mass is 10.2. The van der Waals surface area contributed by atoms with Gasteiger partial charge in [0.1, 0.15) is 5.82 Å². The van der Waals surface area contributed by atoms with Gasteiger partial charge in [-0.05, 0) is 12.1 Å². The minimum Gasteiger partial charge on any atom is -0.302 e. The molecule has 0 aliphatic carbocycles. The summed E-state index contributed by atoms with van der Waals surface area (Å²) in [7, 11) is 0. The van der Waals surface area contributed by atoms with Gasteiger partial charge in [-0.1, -0.05) is 52.8 Å². The fraction of sp³-hybridized carbons (Fsp3) is 0.222. The number of amides is 1. The molecule has 27 heavy (non-hydrogen) atoms. The zero-order valence-corrected chi connectivity index (χ0v) is 17.9. The van der Waals surface area contributed by atoms with Gasteiger partial charge >= 0.3 is 0 Å². The molecule has 0 aliphatic heterocycles. The van der Waals surface area contributed by atoms with Gasteiger partial charge in [0, 0.05) is 28.4 Å². The van der Waals surface area contributed by atoms with Crippen molar-refractivity contribution in [3.63, 3.8) is 0 Å². The molecule has 0 saturated heterocycles. The summed E-state index contributed by atoms with van der Waals surface area (Å²) in [6.07, 6.45) is 2.58. The SMILES string of the molecule is C=CCn1c(CC)nnc1SCC(=O)Nc1nc(-c2ccc(Br)cc2)cs1. The summed E-state index contributed by atoms with van der Waals surface area (Å²) in [5.41, 5.74) is 1.85. The first-order valence-electron chi connectivity index (χ1n) is 8.27. The Bertz CT molecular complexity index is 936. The molecule has 3 aromatic rings. The van der Waals surface area contributed by atoms with E-state index >= 15 is 0 Å². The highest BCUT2D eigenvalue weighted by Gasteiger charge is 2.13. The highest BCUT2D eigenvalue weighted by Crippen LogP contribution is 2.26. The smallest absolute Gasteiger partial charge is 0.236 e. The van der Waals surface area contributed by atoms with E-state index in [1.807, 2.05) is 41.1 Å². The van der Waals surface area contributed by atoms with Crippen LogP contribution in [-0.4, -0.2) is 31.4 Å². The summed E-state index contributed by atoms with van der Waals surface area (Å²) < 4.78 is 2.99. The summed E-state index contributed by atoms with van der Waals surface area (Å²) in [4.78, 5) is 16.8. The van der Waals surface area contributed by atoms with E-state index in [1.54, 1.807) is 6.08 Å². The van der Waals surface area contributed by atoms with Gasteiger partial charge < -0.3 is 9.88 Å². The Morgan fingerprint density at radius 1 is 1.37 bits per heavy atom. The first-order chi connectivity index (χ1) is 13.1. The maximum absolute atomic E-state index is 12.3. The lowest BCUT2D eigenvalue weighted by Gasteiger charge is -2.06. The second-order valence-corrected chi connectivity index (χ2v) is 8.25. The maximum atomic E-state index is 12.3. The van der Waals surface area contributed by atoms with Gasteiger partial charge in [0.05, 0.1) is 11.4 Å². The number of hydrogen-bond donors (Lipinski definition) is 1. The van der Waals surface area contributed by atoms with Crippen molar-refractivity contribution in [1.82, 2.24) is 19.7 Å². The number of nitrogens with one attached hydrogen (secondary N) is 1. The van der Waals surface area contributed by atoms with Crippen LogP contribution in [0.25, 0.3) is 11.3 Å². The first kappa shape index (κ1) is 19.8. The number of anilines is 1. The van der Waals surface area contributed by atoms with E-state index in [1.165, 1.54) is 23.1 Å². The van der Waals surface area contributed by atoms with Crippen molar-refractivity contribution < 1.29 is 4.79 Å². The molecular formula is C18H18BrN5OS2. The second kappa shape index (κ2) is 9.29. The Kier molecular flexibility index (Phi) is 6.81. The second-order valence-electron chi connectivity index (χ2n) is 5.53. The molecule has 0 radical (unpaired) electrons. The molecule has 6 nitrogen and oxygen atoms in total. The number of thioether (sulfide) groups is 1. The van der Waals surface area contributed by atoms with E-state index < -0.39 is 0 Å². The Hall–Kier alpha value is -1.97. The van der Waals surface area contributed by atoms with Crippen LogP contribution in [0, 0.1) is 0 Å². The van der Waals surface area contributed by atoms with E-state index in [4.69, 9.17) is 0 Å². The molecule has 0 atom stereocenters. The van der Waals surface area contributed by atoms with Crippen LogP contribution in [0.1, 0.15) is 12.7 Å². The van der Waals surface area contributed by atoms with Crippen molar-refractivity contribution in [2.24, 2.45) is 0 Å². The molecule has 1 amide bonds. The first-order valence-corrected chi connectivity index (χ1v) is 10.9. The van der Waals surface area contributed by atoms with Gasteiger partial charge in [-0.25, -0.2) is 4.98 Å². The molecule has 0 fully saturated rings. The summed E-state index contributed by atoms with van der Waals surface area (Å²) in [6.45, 7) is 6.41. The molecule has 0 unspecified atom stereocenters. The van der Waals surface area contributed by atoms with Crippen LogP contribution in [0.5, 0.6) is 0 Å². The van der Waals surface area contributed by atoms with Gasteiger partial charge in [0.25, 0.3) is 0 Å². The number of hydrogen-bond acceptors (Lipinski definition) is 6. The van der Waals surface area contributed by atoms with E-state index in [9.17, 15) is 4.79 Å². The fourth-order valence-corrected chi connectivity index (χ4v) is 4.14. The quantitative estimate of drug-likeness (QED) is 0.388. The van der Waals surface area contributed by atoms with Crippen LogP contribution in [0.2, 0.25) is 0 Å². The third kappa shape index (κ3) is 5.06. The van der Waals surface area contributed by atoms with Crippen molar-refractivity contribution >= 4 is 50.1 Å². The van der Waals surface area contributed by atoms with Gasteiger partial charge in [0.15, 0.2) is 10.3 Å². The molecule has 9 heteroatoms. The van der Waals surface area contributed by atoms with Gasteiger partial charge in [-0.15, -0.1) is 28.1 Å². The third-order valence-corrected chi connectivity index (χ3v) is 5.90. The van der Waals surface area contributed by atoms with Crippen LogP contribution in [0.4, 0.5) is 5.13 Å². The van der Waals surface area contributed by atoms with Gasteiger partial charge in [-0.3, -0.25) is 4.79 Å². The Labute approximate surface area is 174 Å².